The predicted molar refractivity (Wildman–Crippen MR) is 157 cm³/mol. The van der Waals surface area contributed by atoms with Crippen molar-refractivity contribution in [2.45, 2.75) is 40.7 Å². The largest absolute Gasteiger partial charge is 0.497 e. The van der Waals surface area contributed by atoms with Gasteiger partial charge in [-0.3, -0.25) is 9.69 Å². The van der Waals surface area contributed by atoms with Gasteiger partial charge >= 0.3 is 5.97 Å². The lowest BCUT2D eigenvalue weighted by Gasteiger charge is -2.38. The van der Waals surface area contributed by atoms with Crippen LogP contribution in [0.15, 0.2) is 53.2 Å². The number of benzene rings is 2. The van der Waals surface area contributed by atoms with Crippen molar-refractivity contribution >= 4 is 35.3 Å². The standard InChI is InChI=1S/C30H36N2O7S/c1-8-37-23-14-12-21(16-25(23)38-9-2)27-26(29(34)39-10-3)19(5)31-30(40)32(27)28(33)18(4)15-20-11-13-22(35-6)17-24(20)36-7/h11-17,27H,8-10H2,1-7H3,(H,31,40)/b18-15+. The Kier molecular flexibility index (Phi) is 10.6. The smallest absolute Gasteiger partial charge is 0.338 e. The molecule has 1 aliphatic rings. The number of carbonyl (C=O) groups is 2. The summed E-state index contributed by atoms with van der Waals surface area (Å²) in [6.07, 6.45) is 1.71. The van der Waals surface area contributed by atoms with Crippen LogP contribution in [0.3, 0.4) is 0 Å². The van der Waals surface area contributed by atoms with Gasteiger partial charge in [0.1, 0.15) is 11.5 Å². The molecule has 0 saturated heterocycles. The summed E-state index contributed by atoms with van der Waals surface area (Å²) >= 11 is 5.66. The van der Waals surface area contributed by atoms with E-state index >= 15 is 0 Å². The van der Waals surface area contributed by atoms with Crippen LogP contribution in [0.2, 0.25) is 0 Å². The van der Waals surface area contributed by atoms with Gasteiger partial charge in [-0.2, -0.15) is 0 Å². The zero-order valence-corrected chi connectivity index (χ0v) is 24.8. The van der Waals surface area contributed by atoms with Crippen LogP contribution in [0, 0.1) is 0 Å². The third kappa shape index (κ3) is 6.56. The van der Waals surface area contributed by atoms with Crippen LogP contribution in [0.4, 0.5) is 0 Å². The van der Waals surface area contributed by atoms with E-state index in [1.807, 2.05) is 13.8 Å². The molecule has 1 N–H and O–H groups in total. The van der Waals surface area contributed by atoms with Crippen molar-refractivity contribution in [3.8, 4) is 23.0 Å². The van der Waals surface area contributed by atoms with Crippen LogP contribution in [0.5, 0.6) is 23.0 Å². The number of nitrogens with zero attached hydrogens (tertiary/aromatic N) is 1. The van der Waals surface area contributed by atoms with Crippen molar-refractivity contribution in [2.24, 2.45) is 0 Å². The summed E-state index contributed by atoms with van der Waals surface area (Å²) in [6, 6.07) is 9.77. The van der Waals surface area contributed by atoms with Crippen molar-refractivity contribution in [3.05, 3.63) is 64.4 Å². The van der Waals surface area contributed by atoms with Crippen LogP contribution >= 0.6 is 12.2 Å². The van der Waals surface area contributed by atoms with Crippen LogP contribution in [0.25, 0.3) is 6.08 Å². The molecular weight excluding hydrogens is 532 g/mol. The number of hydrogen-bond acceptors (Lipinski definition) is 8. The second-order valence-corrected chi connectivity index (χ2v) is 9.16. The maximum atomic E-state index is 14.1. The fourth-order valence-electron chi connectivity index (χ4n) is 4.40. The average molecular weight is 569 g/mol. The Morgan fingerprint density at radius 3 is 2.27 bits per heavy atom. The summed E-state index contributed by atoms with van der Waals surface area (Å²) in [5, 5.41) is 3.17. The molecule has 40 heavy (non-hydrogen) atoms. The van der Waals surface area contributed by atoms with Gasteiger partial charge in [0.25, 0.3) is 5.91 Å². The zero-order chi connectivity index (χ0) is 29.4. The summed E-state index contributed by atoms with van der Waals surface area (Å²) in [7, 11) is 3.11. The van der Waals surface area contributed by atoms with Gasteiger partial charge in [0.2, 0.25) is 0 Å². The summed E-state index contributed by atoms with van der Waals surface area (Å²) < 4.78 is 27.7. The van der Waals surface area contributed by atoms with Gasteiger partial charge in [-0.25, -0.2) is 4.79 Å². The fourth-order valence-corrected chi connectivity index (χ4v) is 4.74. The van der Waals surface area contributed by atoms with E-state index in [1.165, 1.54) is 4.90 Å². The van der Waals surface area contributed by atoms with Crippen molar-refractivity contribution in [1.29, 1.82) is 0 Å². The molecular formula is C30H36N2O7S. The molecule has 9 nitrogen and oxygen atoms in total. The molecule has 1 unspecified atom stereocenters. The third-order valence-corrected chi connectivity index (χ3v) is 6.49. The number of amides is 1. The zero-order valence-electron chi connectivity index (χ0n) is 24.0. The van der Waals surface area contributed by atoms with E-state index in [0.29, 0.717) is 58.6 Å². The number of esters is 1. The number of allylic oxidation sites excluding steroid dienone is 1. The Balaban J connectivity index is 2.17. The second kappa shape index (κ2) is 13.8. The highest BCUT2D eigenvalue weighted by molar-refractivity contribution is 7.80. The van der Waals surface area contributed by atoms with Crippen LogP contribution in [-0.4, -0.2) is 55.9 Å². The van der Waals surface area contributed by atoms with E-state index in [0.717, 1.165) is 0 Å². The van der Waals surface area contributed by atoms with Crippen LogP contribution < -0.4 is 24.3 Å². The lowest BCUT2D eigenvalue weighted by Crippen LogP contribution is -2.51. The molecule has 0 radical (unpaired) electrons. The topological polar surface area (TPSA) is 95.6 Å². The molecule has 1 amide bonds. The van der Waals surface area contributed by atoms with E-state index in [4.69, 9.17) is 35.9 Å². The van der Waals surface area contributed by atoms with Crippen molar-refractivity contribution in [3.63, 3.8) is 0 Å². The molecule has 214 valence electrons. The van der Waals surface area contributed by atoms with Gasteiger partial charge < -0.3 is 29.0 Å². The van der Waals surface area contributed by atoms with Crippen LogP contribution in [-0.2, 0) is 14.3 Å². The van der Waals surface area contributed by atoms with Gasteiger partial charge in [-0.05, 0) is 82.7 Å². The molecule has 0 fully saturated rings. The maximum absolute atomic E-state index is 14.1. The number of thiocarbonyl (C=S) groups is 1. The Morgan fingerprint density at radius 1 is 0.950 bits per heavy atom. The highest BCUT2D eigenvalue weighted by atomic mass is 32.1. The van der Waals surface area contributed by atoms with E-state index in [9.17, 15) is 9.59 Å². The monoisotopic (exact) mass is 568 g/mol. The lowest BCUT2D eigenvalue weighted by molar-refractivity contribution is -0.139. The Hall–Kier alpha value is -4.05. The summed E-state index contributed by atoms with van der Waals surface area (Å²) in [5.74, 6) is 1.26. The molecule has 0 aromatic heterocycles. The first kappa shape index (κ1) is 30.5. The van der Waals surface area contributed by atoms with E-state index < -0.39 is 17.9 Å². The van der Waals surface area contributed by atoms with Crippen LogP contribution in [0.1, 0.15) is 51.8 Å². The van der Waals surface area contributed by atoms with Gasteiger partial charge in [0.05, 0.1) is 45.7 Å². The number of methoxy groups -OCH3 is 2. The average Bonchev–Trinajstić information content (AvgIpc) is 2.93. The molecule has 10 heteroatoms. The number of carbonyl (C=O) groups excluding carboxylic acids is 2. The Bertz CT molecular complexity index is 1340. The Morgan fingerprint density at radius 2 is 1.65 bits per heavy atom. The Labute approximate surface area is 240 Å². The van der Waals surface area contributed by atoms with Gasteiger partial charge in [-0.1, -0.05) is 6.07 Å². The van der Waals surface area contributed by atoms with Gasteiger partial charge in [-0.15, -0.1) is 0 Å². The molecule has 0 aliphatic carbocycles. The van der Waals surface area contributed by atoms with E-state index in [-0.39, 0.29) is 17.3 Å². The van der Waals surface area contributed by atoms with Crippen molar-refractivity contribution in [1.82, 2.24) is 10.2 Å². The number of hydrogen-bond donors (Lipinski definition) is 1. The fraction of sp³-hybridized carbons (Fsp3) is 0.367. The molecule has 1 heterocycles. The summed E-state index contributed by atoms with van der Waals surface area (Å²) in [4.78, 5) is 28.7. The van der Waals surface area contributed by atoms with Gasteiger partial charge in [0, 0.05) is 22.9 Å². The highest BCUT2D eigenvalue weighted by Crippen LogP contribution is 2.39. The first-order valence-corrected chi connectivity index (χ1v) is 13.4. The first-order valence-electron chi connectivity index (χ1n) is 13.0. The molecule has 3 rings (SSSR count). The van der Waals surface area contributed by atoms with E-state index in [1.54, 1.807) is 77.5 Å². The SMILES string of the molecule is CCOC(=O)C1=C(C)NC(=S)N(C(=O)/C(C)=C/c2ccc(OC)cc2OC)C1c1ccc(OCC)c(OCC)c1. The molecule has 0 spiro atoms. The molecule has 0 bridgehead atoms. The minimum absolute atomic E-state index is 0.154. The minimum atomic E-state index is -0.878. The second-order valence-electron chi connectivity index (χ2n) is 8.77. The van der Waals surface area contributed by atoms with Crippen molar-refractivity contribution < 1.29 is 33.3 Å². The van der Waals surface area contributed by atoms with Crippen molar-refractivity contribution in [2.75, 3.05) is 34.0 Å². The summed E-state index contributed by atoms with van der Waals surface area (Å²) in [5.41, 5.74) is 2.43. The molecule has 2 aromatic rings. The number of nitrogens with one attached hydrogen (secondary N) is 1. The first-order chi connectivity index (χ1) is 19.2. The predicted octanol–water partition coefficient (Wildman–Crippen LogP) is 5.20. The molecule has 1 atom stereocenters. The lowest BCUT2D eigenvalue weighted by atomic mass is 9.92. The quantitative estimate of drug-likeness (QED) is 0.223. The molecule has 2 aromatic carbocycles. The molecule has 0 saturated carbocycles. The maximum Gasteiger partial charge on any atom is 0.338 e. The third-order valence-electron chi connectivity index (χ3n) is 6.20. The number of ether oxygens (including phenoxy) is 5. The molecule has 1 aliphatic heterocycles. The van der Waals surface area contributed by atoms with E-state index in [2.05, 4.69) is 5.32 Å². The summed E-state index contributed by atoms with van der Waals surface area (Å²) in [6.45, 7) is 9.92. The highest BCUT2D eigenvalue weighted by Gasteiger charge is 2.41. The number of rotatable bonds is 11. The van der Waals surface area contributed by atoms with Gasteiger partial charge in [0.15, 0.2) is 16.6 Å². The minimum Gasteiger partial charge on any atom is -0.497 e. The normalized spacial score (nSPS) is 15.4.